The molecule has 0 aliphatic heterocycles. The fraction of sp³-hybridized carbons (Fsp3) is 0.467. The van der Waals surface area contributed by atoms with Crippen molar-refractivity contribution >= 4 is 12.0 Å². The molecular formula is C15H22N2O3. The Hall–Kier alpha value is -2.04. The van der Waals surface area contributed by atoms with Gasteiger partial charge in [-0.1, -0.05) is 50.6 Å². The molecule has 1 aromatic rings. The van der Waals surface area contributed by atoms with Gasteiger partial charge < -0.3 is 15.7 Å². The molecule has 0 fully saturated rings. The van der Waals surface area contributed by atoms with E-state index < -0.39 is 18.0 Å². The van der Waals surface area contributed by atoms with Gasteiger partial charge >= 0.3 is 12.0 Å². The maximum absolute atomic E-state index is 11.7. The van der Waals surface area contributed by atoms with E-state index in [0.29, 0.717) is 19.4 Å². The number of aliphatic carboxylic acids is 1. The van der Waals surface area contributed by atoms with Crippen LogP contribution < -0.4 is 10.6 Å². The summed E-state index contributed by atoms with van der Waals surface area (Å²) in [5.74, 6) is -0.825. The minimum atomic E-state index is -1.00. The molecule has 1 unspecified atom stereocenters. The monoisotopic (exact) mass is 278 g/mol. The fourth-order valence-corrected chi connectivity index (χ4v) is 1.90. The highest BCUT2D eigenvalue weighted by Crippen LogP contribution is 2.12. The van der Waals surface area contributed by atoms with Crippen molar-refractivity contribution in [3.8, 4) is 0 Å². The number of benzene rings is 1. The third-order valence-electron chi connectivity index (χ3n) is 3.12. The molecule has 0 saturated heterocycles. The minimum Gasteiger partial charge on any atom is -0.480 e. The number of carbonyl (C=O) groups is 2. The van der Waals surface area contributed by atoms with Gasteiger partial charge in [0, 0.05) is 6.54 Å². The molecule has 110 valence electrons. The minimum absolute atomic E-state index is 0.177. The molecule has 5 heteroatoms. The van der Waals surface area contributed by atoms with E-state index in [9.17, 15) is 9.59 Å². The number of carbonyl (C=O) groups excluding carboxylic acids is 1. The van der Waals surface area contributed by atoms with Gasteiger partial charge in [-0.15, -0.1) is 0 Å². The third-order valence-corrected chi connectivity index (χ3v) is 3.12. The highest BCUT2D eigenvalue weighted by atomic mass is 16.4. The molecular weight excluding hydrogens is 256 g/mol. The van der Waals surface area contributed by atoms with Crippen LogP contribution in [-0.4, -0.2) is 29.7 Å². The first-order valence-electron chi connectivity index (χ1n) is 6.86. The highest BCUT2D eigenvalue weighted by Gasteiger charge is 2.18. The summed E-state index contributed by atoms with van der Waals surface area (Å²) in [6.45, 7) is 4.36. The summed E-state index contributed by atoms with van der Waals surface area (Å²) in [5, 5.41) is 14.2. The van der Waals surface area contributed by atoms with E-state index in [4.69, 9.17) is 5.11 Å². The van der Waals surface area contributed by atoms with Gasteiger partial charge in [0.2, 0.25) is 0 Å². The van der Waals surface area contributed by atoms with Gasteiger partial charge in [-0.25, -0.2) is 9.59 Å². The lowest BCUT2D eigenvalue weighted by atomic mass is 10.0. The standard InChI is InChI=1S/C15H22N2O3/c1-3-7-13(14(18)19)17-15(20)16-10-11(2)12-8-5-4-6-9-12/h4-6,8-9,11,13H,3,7,10H2,1-2H3,(H,18,19)(H2,16,17,20)/t11?,13-/m0/s1. The van der Waals surface area contributed by atoms with Gasteiger partial charge in [0.25, 0.3) is 0 Å². The lowest BCUT2D eigenvalue weighted by Gasteiger charge is -2.16. The smallest absolute Gasteiger partial charge is 0.326 e. The molecule has 0 radical (unpaired) electrons. The molecule has 1 rings (SSSR count). The van der Waals surface area contributed by atoms with Crippen molar-refractivity contribution < 1.29 is 14.7 Å². The molecule has 2 atom stereocenters. The number of hydrogen-bond donors (Lipinski definition) is 3. The molecule has 0 aromatic heterocycles. The number of amides is 2. The number of hydrogen-bond acceptors (Lipinski definition) is 2. The zero-order valence-electron chi connectivity index (χ0n) is 11.9. The molecule has 5 nitrogen and oxygen atoms in total. The molecule has 0 saturated carbocycles. The van der Waals surface area contributed by atoms with Crippen LogP contribution in [0.15, 0.2) is 30.3 Å². The first kappa shape index (κ1) is 16.0. The van der Waals surface area contributed by atoms with Gasteiger partial charge in [-0.2, -0.15) is 0 Å². The molecule has 20 heavy (non-hydrogen) atoms. The van der Waals surface area contributed by atoms with E-state index in [2.05, 4.69) is 10.6 Å². The normalized spacial score (nSPS) is 13.3. The van der Waals surface area contributed by atoms with E-state index >= 15 is 0 Å². The summed E-state index contributed by atoms with van der Waals surface area (Å²) in [4.78, 5) is 22.6. The van der Waals surface area contributed by atoms with Gasteiger partial charge in [0.15, 0.2) is 0 Å². The molecule has 1 aromatic carbocycles. The van der Waals surface area contributed by atoms with E-state index in [-0.39, 0.29) is 5.92 Å². The molecule has 0 aliphatic rings. The van der Waals surface area contributed by atoms with E-state index in [1.165, 1.54) is 0 Å². The number of nitrogens with one attached hydrogen (secondary N) is 2. The quantitative estimate of drug-likeness (QED) is 0.716. The Morgan fingerprint density at radius 3 is 2.45 bits per heavy atom. The molecule has 0 aliphatic carbocycles. The van der Waals surface area contributed by atoms with Crippen molar-refractivity contribution in [2.24, 2.45) is 0 Å². The Labute approximate surface area is 119 Å². The SMILES string of the molecule is CCC[C@H](NC(=O)NCC(C)c1ccccc1)C(=O)O. The molecule has 0 heterocycles. The fourth-order valence-electron chi connectivity index (χ4n) is 1.90. The van der Waals surface area contributed by atoms with E-state index in [1.807, 2.05) is 44.2 Å². The van der Waals surface area contributed by atoms with Crippen molar-refractivity contribution in [1.29, 1.82) is 0 Å². The molecule has 0 spiro atoms. The first-order valence-corrected chi connectivity index (χ1v) is 6.86. The molecule has 0 bridgehead atoms. The van der Waals surface area contributed by atoms with E-state index in [1.54, 1.807) is 0 Å². The van der Waals surface area contributed by atoms with E-state index in [0.717, 1.165) is 5.56 Å². The van der Waals surface area contributed by atoms with Gasteiger partial charge in [-0.05, 0) is 17.9 Å². The number of rotatable bonds is 7. The number of carboxylic acid groups (broad SMARTS) is 1. The Morgan fingerprint density at radius 1 is 1.25 bits per heavy atom. The summed E-state index contributed by atoms with van der Waals surface area (Å²) >= 11 is 0. The number of carboxylic acids is 1. The number of urea groups is 1. The van der Waals surface area contributed by atoms with Crippen LogP contribution in [0.2, 0.25) is 0 Å². The second-order valence-corrected chi connectivity index (χ2v) is 4.85. The second-order valence-electron chi connectivity index (χ2n) is 4.85. The summed E-state index contributed by atoms with van der Waals surface area (Å²) in [6, 6.07) is 8.59. The Kier molecular flexibility index (Phi) is 6.56. The van der Waals surface area contributed by atoms with Gasteiger partial charge in [0.05, 0.1) is 0 Å². The largest absolute Gasteiger partial charge is 0.480 e. The van der Waals surface area contributed by atoms with Crippen LogP contribution in [0, 0.1) is 0 Å². The van der Waals surface area contributed by atoms with Crippen LogP contribution in [-0.2, 0) is 4.79 Å². The van der Waals surface area contributed by atoms with Crippen molar-refractivity contribution in [3.63, 3.8) is 0 Å². The van der Waals surface area contributed by atoms with Crippen LogP contribution >= 0.6 is 0 Å². The zero-order chi connectivity index (χ0) is 15.0. The topological polar surface area (TPSA) is 78.4 Å². The van der Waals surface area contributed by atoms with Crippen LogP contribution in [0.25, 0.3) is 0 Å². The summed E-state index contributed by atoms with van der Waals surface area (Å²) < 4.78 is 0. The Morgan fingerprint density at radius 2 is 1.90 bits per heavy atom. The van der Waals surface area contributed by atoms with Gasteiger partial charge in [0.1, 0.15) is 6.04 Å². The zero-order valence-corrected chi connectivity index (χ0v) is 11.9. The molecule has 3 N–H and O–H groups in total. The maximum Gasteiger partial charge on any atom is 0.326 e. The highest BCUT2D eigenvalue weighted by molar-refractivity contribution is 5.82. The van der Waals surface area contributed by atoms with Crippen LogP contribution in [0.4, 0.5) is 4.79 Å². The van der Waals surface area contributed by atoms with Crippen molar-refractivity contribution in [3.05, 3.63) is 35.9 Å². The average Bonchev–Trinajstić information content (AvgIpc) is 2.45. The predicted molar refractivity (Wildman–Crippen MR) is 77.7 cm³/mol. The van der Waals surface area contributed by atoms with Crippen LogP contribution in [0.3, 0.4) is 0 Å². The van der Waals surface area contributed by atoms with Crippen molar-refractivity contribution in [2.45, 2.75) is 38.6 Å². The van der Waals surface area contributed by atoms with Gasteiger partial charge in [-0.3, -0.25) is 0 Å². The summed E-state index contributed by atoms with van der Waals surface area (Å²) in [6.07, 6.45) is 1.13. The lowest BCUT2D eigenvalue weighted by Crippen LogP contribution is -2.46. The van der Waals surface area contributed by atoms with Crippen molar-refractivity contribution in [2.75, 3.05) is 6.54 Å². The maximum atomic E-state index is 11.7. The Balaban J connectivity index is 2.41. The predicted octanol–water partition coefficient (Wildman–Crippen LogP) is 2.34. The summed E-state index contributed by atoms with van der Waals surface area (Å²) in [5.41, 5.74) is 1.14. The average molecular weight is 278 g/mol. The second kappa shape index (κ2) is 8.19. The molecule has 2 amide bonds. The third kappa shape index (κ3) is 5.30. The Bertz CT molecular complexity index is 434. The summed E-state index contributed by atoms with van der Waals surface area (Å²) in [7, 11) is 0. The van der Waals surface area contributed by atoms with Crippen LogP contribution in [0.1, 0.15) is 38.2 Å². The van der Waals surface area contributed by atoms with Crippen molar-refractivity contribution in [1.82, 2.24) is 10.6 Å². The lowest BCUT2D eigenvalue weighted by molar-refractivity contribution is -0.139. The van der Waals surface area contributed by atoms with Crippen LogP contribution in [0.5, 0.6) is 0 Å². The first-order chi connectivity index (χ1) is 9.54.